The molecule has 2 rings (SSSR count). The summed E-state index contributed by atoms with van der Waals surface area (Å²) >= 11 is 0. The maximum atomic E-state index is 12.2. The molecule has 2 fully saturated rings. The minimum Gasteiger partial charge on any atom is -0.378 e. The number of nitrogens with zero attached hydrogens (tertiary/aromatic N) is 1. The summed E-state index contributed by atoms with van der Waals surface area (Å²) in [5, 5.41) is 3.40. The number of piperidine rings is 1. The lowest BCUT2D eigenvalue weighted by Crippen LogP contribution is -2.42. The van der Waals surface area contributed by atoms with E-state index >= 15 is 0 Å². The summed E-state index contributed by atoms with van der Waals surface area (Å²) in [5.41, 5.74) is 0. The Morgan fingerprint density at radius 3 is 2.60 bits per heavy atom. The molecule has 2 aliphatic rings. The molecule has 1 unspecified atom stereocenters. The van der Waals surface area contributed by atoms with E-state index in [2.05, 4.69) is 12.2 Å². The van der Waals surface area contributed by atoms with E-state index in [1.807, 2.05) is 4.90 Å². The molecule has 20 heavy (non-hydrogen) atoms. The predicted molar refractivity (Wildman–Crippen MR) is 83.3 cm³/mol. The van der Waals surface area contributed by atoms with Crippen molar-refractivity contribution in [3.05, 3.63) is 0 Å². The molecule has 2 aliphatic heterocycles. The van der Waals surface area contributed by atoms with Crippen molar-refractivity contribution >= 4 is 18.3 Å². The average Bonchev–Trinajstić information content (AvgIpc) is 2.46. The van der Waals surface area contributed by atoms with Crippen LogP contribution in [0.25, 0.3) is 0 Å². The first-order valence-corrected chi connectivity index (χ1v) is 7.89. The van der Waals surface area contributed by atoms with Crippen molar-refractivity contribution in [2.75, 3.05) is 32.8 Å². The summed E-state index contributed by atoms with van der Waals surface area (Å²) in [6.07, 6.45) is 6.49. The smallest absolute Gasteiger partial charge is 0.225 e. The Labute approximate surface area is 129 Å². The van der Waals surface area contributed by atoms with Crippen molar-refractivity contribution < 1.29 is 9.53 Å². The first-order valence-electron chi connectivity index (χ1n) is 7.89. The topological polar surface area (TPSA) is 41.6 Å². The lowest BCUT2D eigenvalue weighted by atomic mass is 9.96. The molecular formula is C15H29ClN2O2. The van der Waals surface area contributed by atoms with Crippen LogP contribution in [0.1, 0.15) is 45.4 Å². The molecule has 2 saturated heterocycles. The Balaban J connectivity index is 0.00000200. The largest absolute Gasteiger partial charge is 0.378 e. The maximum Gasteiger partial charge on any atom is 0.225 e. The second-order valence-corrected chi connectivity index (χ2v) is 5.82. The van der Waals surface area contributed by atoms with Crippen molar-refractivity contribution in [1.82, 2.24) is 10.2 Å². The first kappa shape index (κ1) is 17.7. The van der Waals surface area contributed by atoms with Gasteiger partial charge in [-0.25, -0.2) is 0 Å². The molecule has 1 amide bonds. The first-order chi connectivity index (χ1) is 9.29. The van der Waals surface area contributed by atoms with Gasteiger partial charge in [0.2, 0.25) is 5.91 Å². The molecule has 0 bridgehead atoms. The monoisotopic (exact) mass is 304 g/mol. The molecule has 1 atom stereocenters. The third kappa shape index (κ3) is 5.58. The lowest BCUT2D eigenvalue weighted by Gasteiger charge is -2.33. The normalized spacial score (nSPS) is 24.2. The van der Waals surface area contributed by atoms with E-state index in [1.165, 1.54) is 6.42 Å². The fourth-order valence-corrected chi connectivity index (χ4v) is 3.03. The van der Waals surface area contributed by atoms with Crippen molar-refractivity contribution in [2.45, 2.75) is 51.6 Å². The number of carbonyl (C=O) groups is 1. The number of likely N-dealkylation sites (tertiary alicyclic amines) is 1. The second kappa shape index (κ2) is 9.59. The van der Waals surface area contributed by atoms with Gasteiger partial charge in [0.05, 0.1) is 12.5 Å². The van der Waals surface area contributed by atoms with Gasteiger partial charge >= 0.3 is 0 Å². The van der Waals surface area contributed by atoms with Crippen LogP contribution in [0, 0.1) is 5.92 Å². The number of rotatable bonds is 5. The van der Waals surface area contributed by atoms with Crippen LogP contribution in [0.5, 0.6) is 0 Å². The van der Waals surface area contributed by atoms with Crippen LogP contribution in [0.15, 0.2) is 0 Å². The summed E-state index contributed by atoms with van der Waals surface area (Å²) in [7, 11) is 0. The van der Waals surface area contributed by atoms with E-state index in [0.29, 0.717) is 12.3 Å². The van der Waals surface area contributed by atoms with Crippen LogP contribution in [0.3, 0.4) is 0 Å². The quantitative estimate of drug-likeness (QED) is 0.847. The van der Waals surface area contributed by atoms with E-state index in [4.69, 9.17) is 4.74 Å². The Morgan fingerprint density at radius 2 is 2.00 bits per heavy atom. The molecule has 0 aromatic carbocycles. The Morgan fingerprint density at radius 1 is 1.25 bits per heavy atom. The van der Waals surface area contributed by atoms with E-state index in [-0.39, 0.29) is 18.5 Å². The van der Waals surface area contributed by atoms with Crippen molar-refractivity contribution in [3.63, 3.8) is 0 Å². The number of carbonyl (C=O) groups excluding carboxylic acids is 1. The van der Waals surface area contributed by atoms with Crippen LogP contribution >= 0.6 is 12.4 Å². The SMILES string of the molecule is CCNCC1CCN(C(=O)CC2CCCCO2)CC1.Cl. The van der Waals surface area contributed by atoms with Crippen LogP contribution < -0.4 is 5.32 Å². The van der Waals surface area contributed by atoms with Gasteiger partial charge in [0, 0.05) is 19.7 Å². The highest BCUT2D eigenvalue weighted by Gasteiger charge is 2.25. The maximum absolute atomic E-state index is 12.2. The van der Waals surface area contributed by atoms with Gasteiger partial charge in [-0.2, -0.15) is 0 Å². The zero-order valence-corrected chi connectivity index (χ0v) is 13.4. The second-order valence-electron chi connectivity index (χ2n) is 5.82. The van der Waals surface area contributed by atoms with Gasteiger partial charge in [-0.1, -0.05) is 6.92 Å². The van der Waals surface area contributed by atoms with E-state index in [9.17, 15) is 4.79 Å². The van der Waals surface area contributed by atoms with Gasteiger partial charge in [-0.05, 0) is 51.1 Å². The summed E-state index contributed by atoms with van der Waals surface area (Å²) < 4.78 is 5.66. The molecule has 5 heteroatoms. The third-order valence-corrected chi connectivity index (χ3v) is 4.33. The Kier molecular flexibility index (Phi) is 8.50. The Bertz CT molecular complexity index is 275. The molecule has 0 radical (unpaired) electrons. The van der Waals surface area contributed by atoms with Gasteiger partial charge in [0.25, 0.3) is 0 Å². The molecule has 0 saturated carbocycles. The third-order valence-electron chi connectivity index (χ3n) is 4.33. The van der Waals surface area contributed by atoms with Crippen LogP contribution in [0.4, 0.5) is 0 Å². The lowest BCUT2D eigenvalue weighted by molar-refractivity contribution is -0.136. The standard InChI is InChI=1S/C15H28N2O2.ClH/c1-2-16-12-13-6-8-17(9-7-13)15(18)11-14-5-3-4-10-19-14;/h13-14,16H,2-12H2,1H3;1H. The molecule has 2 heterocycles. The number of amides is 1. The molecule has 0 spiro atoms. The minimum atomic E-state index is 0. The number of ether oxygens (including phenoxy) is 1. The molecular weight excluding hydrogens is 276 g/mol. The number of hydrogen-bond donors (Lipinski definition) is 1. The molecule has 0 aliphatic carbocycles. The molecule has 1 N–H and O–H groups in total. The zero-order valence-electron chi connectivity index (χ0n) is 12.6. The average molecular weight is 305 g/mol. The molecule has 0 aromatic heterocycles. The number of nitrogens with one attached hydrogen (secondary N) is 1. The summed E-state index contributed by atoms with van der Waals surface area (Å²) in [6, 6.07) is 0. The molecule has 0 aromatic rings. The zero-order chi connectivity index (χ0) is 13.5. The highest BCUT2D eigenvalue weighted by molar-refractivity contribution is 5.85. The summed E-state index contributed by atoms with van der Waals surface area (Å²) in [4.78, 5) is 14.3. The highest BCUT2D eigenvalue weighted by Crippen LogP contribution is 2.20. The summed E-state index contributed by atoms with van der Waals surface area (Å²) in [6.45, 7) is 6.98. The van der Waals surface area contributed by atoms with Crippen molar-refractivity contribution in [3.8, 4) is 0 Å². The van der Waals surface area contributed by atoms with Gasteiger partial charge in [-0.15, -0.1) is 12.4 Å². The van der Waals surface area contributed by atoms with Crippen LogP contribution in [-0.2, 0) is 9.53 Å². The van der Waals surface area contributed by atoms with E-state index in [1.54, 1.807) is 0 Å². The van der Waals surface area contributed by atoms with Crippen LogP contribution in [0.2, 0.25) is 0 Å². The van der Waals surface area contributed by atoms with Gasteiger partial charge in [0.15, 0.2) is 0 Å². The van der Waals surface area contributed by atoms with Gasteiger partial charge in [0.1, 0.15) is 0 Å². The van der Waals surface area contributed by atoms with E-state index < -0.39 is 0 Å². The van der Waals surface area contributed by atoms with Crippen molar-refractivity contribution in [1.29, 1.82) is 0 Å². The van der Waals surface area contributed by atoms with Crippen LogP contribution in [-0.4, -0.2) is 49.7 Å². The number of hydrogen-bond acceptors (Lipinski definition) is 3. The fourth-order valence-electron chi connectivity index (χ4n) is 3.03. The molecule has 4 nitrogen and oxygen atoms in total. The van der Waals surface area contributed by atoms with E-state index in [0.717, 1.165) is 64.4 Å². The molecule has 118 valence electrons. The van der Waals surface area contributed by atoms with Gasteiger partial charge in [-0.3, -0.25) is 4.79 Å². The predicted octanol–water partition coefficient (Wildman–Crippen LogP) is 2.22. The van der Waals surface area contributed by atoms with Crippen molar-refractivity contribution in [2.24, 2.45) is 5.92 Å². The number of halogens is 1. The minimum absolute atomic E-state index is 0. The van der Waals surface area contributed by atoms with Gasteiger partial charge < -0.3 is 15.0 Å². The fraction of sp³-hybridized carbons (Fsp3) is 0.933. The Hall–Kier alpha value is -0.320. The highest BCUT2D eigenvalue weighted by atomic mass is 35.5. The summed E-state index contributed by atoms with van der Waals surface area (Å²) in [5.74, 6) is 1.05.